The topological polar surface area (TPSA) is 55.8 Å². The molecule has 1 aliphatic rings. The number of hydrogen-bond acceptors (Lipinski definition) is 4. The molecule has 1 saturated heterocycles. The highest BCUT2D eigenvalue weighted by Crippen LogP contribution is 2.27. The smallest absolute Gasteiger partial charge is 0.255 e. The number of carbonyl (C=O) groups is 1. The zero-order chi connectivity index (χ0) is 16.9. The Balaban J connectivity index is 1.83. The third kappa shape index (κ3) is 3.58. The van der Waals surface area contributed by atoms with Gasteiger partial charge in [0.25, 0.3) is 5.91 Å². The summed E-state index contributed by atoms with van der Waals surface area (Å²) in [5.74, 6) is -0.939. The number of piperazine rings is 1. The van der Waals surface area contributed by atoms with Crippen LogP contribution in [0.4, 0.5) is 5.69 Å². The minimum atomic E-state index is -0.516. The number of likely N-dealkylation sites (N-methyl/N-ethyl adjacent to an activating group) is 1. The molecule has 1 fully saturated rings. The molecule has 1 aliphatic heterocycles. The molecule has 1 atom stereocenters. The lowest BCUT2D eigenvalue weighted by atomic mass is 9.90. The molecule has 1 amide bonds. The van der Waals surface area contributed by atoms with Gasteiger partial charge in [-0.3, -0.25) is 10.0 Å². The van der Waals surface area contributed by atoms with E-state index in [1.54, 1.807) is 5.48 Å². The van der Waals surface area contributed by atoms with Gasteiger partial charge in [0.15, 0.2) is 0 Å². The summed E-state index contributed by atoms with van der Waals surface area (Å²) in [6.07, 6.45) is 0. The maximum absolute atomic E-state index is 12.2. The van der Waals surface area contributed by atoms with Crippen molar-refractivity contribution in [2.45, 2.75) is 5.92 Å². The molecule has 0 spiro atoms. The monoisotopic (exact) mass is 325 g/mol. The van der Waals surface area contributed by atoms with Crippen LogP contribution in [0, 0.1) is 0 Å². The Kier molecular flexibility index (Phi) is 5.13. The van der Waals surface area contributed by atoms with Crippen LogP contribution in [0.3, 0.4) is 0 Å². The Labute approximate surface area is 142 Å². The lowest BCUT2D eigenvalue weighted by Crippen LogP contribution is -2.44. The number of carbonyl (C=O) groups excluding carboxylic acids is 1. The third-order valence-corrected chi connectivity index (χ3v) is 4.60. The SMILES string of the molecule is CN1CCN(c2ccc(C(C(=O)NO)c3ccccc3)cc2)CC1. The van der Waals surface area contributed by atoms with Crippen molar-refractivity contribution in [2.75, 3.05) is 38.1 Å². The van der Waals surface area contributed by atoms with Crippen molar-refractivity contribution in [2.24, 2.45) is 0 Å². The van der Waals surface area contributed by atoms with Gasteiger partial charge in [-0.25, -0.2) is 5.48 Å². The first kappa shape index (κ1) is 16.5. The summed E-state index contributed by atoms with van der Waals surface area (Å²) in [4.78, 5) is 16.8. The fraction of sp³-hybridized carbons (Fsp3) is 0.316. The van der Waals surface area contributed by atoms with Gasteiger partial charge in [-0.15, -0.1) is 0 Å². The first-order valence-electron chi connectivity index (χ1n) is 8.21. The van der Waals surface area contributed by atoms with E-state index in [1.165, 1.54) is 5.69 Å². The highest BCUT2D eigenvalue weighted by atomic mass is 16.5. The van der Waals surface area contributed by atoms with E-state index in [2.05, 4.69) is 29.0 Å². The van der Waals surface area contributed by atoms with E-state index in [0.717, 1.165) is 37.3 Å². The van der Waals surface area contributed by atoms with E-state index < -0.39 is 11.8 Å². The van der Waals surface area contributed by atoms with E-state index in [1.807, 2.05) is 42.5 Å². The lowest BCUT2D eigenvalue weighted by molar-refractivity contribution is -0.129. The fourth-order valence-corrected chi connectivity index (χ4v) is 3.15. The standard InChI is InChI=1S/C19H23N3O2/c1-21-11-13-22(14-12-21)17-9-7-16(8-10-17)18(19(23)20-24)15-5-3-2-4-6-15/h2-10,18,24H,11-14H2,1H3,(H,20,23). The molecule has 126 valence electrons. The number of rotatable bonds is 4. The second-order valence-corrected chi connectivity index (χ2v) is 6.20. The van der Waals surface area contributed by atoms with Gasteiger partial charge in [-0.2, -0.15) is 0 Å². The van der Waals surface area contributed by atoms with Crippen molar-refractivity contribution in [3.63, 3.8) is 0 Å². The van der Waals surface area contributed by atoms with Gasteiger partial charge < -0.3 is 9.80 Å². The Bertz CT molecular complexity index is 665. The van der Waals surface area contributed by atoms with Crippen LogP contribution in [0.1, 0.15) is 17.0 Å². The zero-order valence-corrected chi connectivity index (χ0v) is 13.9. The summed E-state index contributed by atoms with van der Waals surface area (Å²) in [6, 6.07) is 17.6. The minimum absolute atomic E-state index is 0.423. The van der Waals surface area contributed by atoms with Crippen LogP contribution >= 0.6 is 0 Å². The Morgan fingerprint density at radius 1 is 0.958 bits per heavy atom. The van der Waals surface area contributed by atoms with E-state index in [-0.39, 0.29) is 0 Å². The quantitative estimate of drug-likeness (QED) is 0.667. The number of benzene rings is 2. The Morgan fingerprint density at radius 3 is 2.12 bits per heavy atom. The molecule has 0 radical (unpaired) electrons. The van der Waals surface area contributed by atoms with Crippen LogP contribution in [-0.4, -0.2) is 49.2 Å². The molecular weight excluding hydrogens is 302 g/mol. The van der Waals surface area contributed by atoms with Crippen molar-refractivity contribution in [1.29, 1.82) is 0 Å². The second-order valence-electron chi connectivity index (χ2n) is 6.20. The van der Waals surface area contributed by atoms with Gasteiger partial charge in [-0.1, -0.05) is 42.5 Å². The van der Waals surface area contributed by atoms with Crippen LogP contribution in [0.15, 0.2) is 54.6 Å². The molecule has 0 aliphatic carbocycles. The largest absolute Gasteiger partial charge is 0.369 e. The summed E-state index contributed by atoms with van der Waals surface area (Å²) >= 11 is 0. The van der Waals surface area contributed by atoms with Crippen molar-refractivity contribution in [1.82, 2.24) is 10.4 Å². The average molecular weight is 325 g/mol. The first-order chi connectivity index (χ1) is 11.7. The molecule has 1 unspecified atom stereocenters. The van der Waals surface area contributed by atoms with Crippen molar-refractivity contribution >= 4 is 11.6 Å². The Hall–Kier alpha value is -2.37. The van der Waals surface area contributed by atoms with Gasteiger partial charge in [-0.05, 0) is 30.3 Å². The number of hydrogen-bond donors (Lipinski definition) is 2. The second kappa shape index (κ2) is 7.47. The molecule has 1 heterocycles. The molecule has 2 aromatic rings. The summed E-state index contributed by atoms with van der Waals surface area (Å²) in [6.45, 7) is 4.13. The molecule has 5 heteroatoms. The van der Waals surface area contributed by atoms with Gasteiger partial charge in [0.2, 0.25) is 0 Å². The molecule has 5 nitrogen and oxygen atoms in total. The molecule has 0 bridgehead atoms. The molecule has 2 N–H and O–H groups in total. The highest BCUT2D eigenvalue weighted by molar-refractivity contribution is 5.86. The minimum Gasteiger partial charge on any atom is -0.369 e. The molecule has 2 aromatic carbocycles. The summed E-state index contributed by atoms with van der Waals surface area (Å²) in [5.41, 5.74) is 4.68. The van der Waals surface area contributed by atoms with E-state index in [9.17, 15) is 4.79 Å². The maximum Gasteiger partial charge on any atom is 0.255 e. The molecule has 3 rings (SSSR count). The molecule has 24 heavy (non-hydrogen) atoms. The number of hydroxylamine groups is 1. The number of nitrogens with zero attached hydrogens (tertiary/aromatic N) is 2. The van der Waals surface area contributed by atoms with Crippen LogP contribution in [0.2, 0.25) is 0 Å². The van der Waals surface area contributed by atoms with Crippen LogP contribution in [0.25, 0.3) is 0 Å². The average Bonchev–Trinajstić information content (AvgIpc) is 2.64. The highest BCUT2D eigenvalue weighted by Gasteiger charge is 2.22. The van der Waals surface area contributed by atoms with E-state index in [4.69, 9.17) is 5.21 Å². The maximum atomic E-state index is 12.2. The van der Waals surface area contributed by atoms with Crippen molar-refractivity contribution in [3.05, 3.63) is 65.7 Å². The molecular formula is C19H23N3O2. The van der Waals surface area contributed by atoms with Gasteiger partial charge in [0.05, 0.1) is 5.92 Å². The van der Waals surface area contributed by atoms with Gasteiger partial charge in [0, 0.05) is 31.9 Å². The summed E-state index contributed by atoms with van der Waals surface area (Å²) in [5, 5.41) is 9.10. The number of nitrogens with one attached hydrogen (secondary N) is 1. The molecule has 0 aromatic heterocycles. The van der Waals surface area contributed by atoms with Crippen molar-refractivity contribution < 1.29 is 10.0 Å². The normalized spacial score (nSPS) is 16.7. The van der Waals surface area contributed by atoms with E-state index in [0.29, 0.717) is 0 Å². The van der Waals surface area contributed by atoms with Gasteiger partial charge in [0.1, 0.15) is 0 Å². The predicted molar refractivity (Wildman–Crippen MR) is 94.4 cm³/mol. The zero-order valence-electron chi connectivity index (χ0n) is 13.9. The summed E-state index contributed by atoms with van der Waals surface area (Å²) < 4.78 is 0. The van der Waals surface area contributed by atoms with Crippen LogP contribution in [-0.2, 0) is 4.79 Å². The first-order valence-corrected chi connectivity index (χ1v) is 8.21. The predicted octanol–water partition coefficient (Wildman–Crippen LogP) is 2.08. The molecule has 0 saturated carbocycles. The van der Waals surface area contributed by atoms with Crippen LogP contribution in [0.5, 0.6) is 0 Å². The van der Waals surface area contributed by atoms with Gasteiger partial charge >= 0.3 is 0 Å². The third-order valence-electron chi connectivity index (χ3n) is 4.60. The van der Waals surface area contributed by atoms with Crippen molar-refractivity contribution in [3.8, 4) is 0 Å². The number of amides is 1. The fourth-order valence-electron chi connectivity index (χ4n) is 3.15. The Morgan fingerprint density at radius 2 is 1.54 bits per heavy atom. The number of anilines is 1. The van der Waals surface area contributed by atoms with E-state index >= 15 is 0 Å². The summed E-state index contributed by atoms with van der Waals surface area (Å²) in [7, 11) is 2.14. The lowest BCUT2D eigenvalue weighted by Gasteiger charge is -2.34. The van der Waals surface area contributed by atoms with Crippen LogP contribution < -0.4 is 10.4 Å².